The van der Waals surface area contributed by atoms with Gasteiger partial charge in [-0.05, 0) is 59.7 Å². The Morgan fingerprint density at radius 1 is 0.429 bits per heavy atom. The number of hydrogen-bond donors (Lipinski definition) is 0. The van der Waals surface area contributed by atoms with Gasteiger partial charge in [0, 0.05) is 47.0 Å². The van der Waals surface area contributed by atoms with Crippen LogP contribution in [0.3, 0.4) is 0 Å². The summed E-state index contributed by atoms with van der Waals surface area (Å²) in [7, 11) is -1.92. The van der Waals surface area contributed by atoms with Crippen LogP contribution in [0.2, 0.25) is 0 Å². The molecule has 0 fully saturated rings. The molecular formula is C36H42O5P+. The van der Waals surface area contributed by atoms with E-state index in [1.54, 1.807) is 0 Å². The average Bonchev–Trinajstić information content (AvgIpc) is 2.93. The quantitative estimate of drug-likeness (QED) is 0.122. The summed E-state index contributed by atoms with van der Waals surface area (Å²) in [5, 5.41) is -1.86. The Morgan fingerprint density at radius 2 is 0.738 bits per heavy atom. The summed E-state index contributed by atoms with van der Waals surface area (Å²) in [6.07, 6.45) is 0. The van der Waals surface area contributed by atoms with Gasteiger partial charge in [0.1, 0.15) is 23.0 Å². The zero-order valence-electron chi connectivity index (χ0n) is 25.9. The predicted molar refractivity (Wildman–Crippen MR) is 170 cm³/mol. The molecule has 220 valence electrons. The van der Waals surface area contributed by atoms with Crippen molar-refractivity contribution in [2.24, 2.45) is 0 Å². The highest BCUT2D eigenvalue weighted by molar-refractivity contribution is 7.47. The minimum atomic E-state index is -1.92. The van der Waals surface area contributed by atoms with E-state index in [1.165, 1.54) is 0 Å². The van der Waals surface area contributed by atoms with Crippen molar-refractivity contribution in [2.45, 2.75) is 77.3 Å². The molecule has 0 spiro atoms. The van der Waals surface area contributed by atoms with E-state index in [2.05, 4.69) is 38.1 Å². The number of benzene rings is 4. The van der Waals surface area contributed by atoms with Gasteiger partial charge >= 0.3 is 7.80 Å². The van der Waals surface area contributed by atoms with Crippen LogP contribution in [0.5, 0.6) is 23.0 Å². The number of ether oxygens (including phenoxy) is 4. The molecule has 4 rings (SSSR count). The van der Waals surface area contributed by atoms with Crippen molar-refractivity contribution >= 4 is 7.80 Å². The molecule has 4 aromatic rings. The molecule has 0 N–H and O–H groups in total. The lowest BCUT2D eigenvalue weighted by atomic mass is 9.78. The second-order valence-corrected chi connectivity index (χ2v) is 15.0. The number of rotatable bonds is 12. The summed E-state index contributed by atoms with van der Waals surface area (Å²) in [6, 6.07) is 35.2. The Bertz CT molecular complexity index is 1460. The molecule has 0 heterocycles. The Kier molecular flexibility index (Phi) is 9.03. The molecule has 0 aliphatic rings. The van der Waals surface area contributed by atoms with Gasteiger partial charge in [-0.2, -0.15) is 0 Å². The maximum atomic E-state index is 13.6. The van der Waals surface area contributed by atoms with E-state index in [9.17, 15) is 4.57 Å². The van der Waals surface area contributed by atoms with Crippen LogP contribution < -0.4 is 18.9 Å². The maximum absolute atomic E-state index is 13.6. The van der Waals surface area contributed by atoms with E-state index in [-0.39, 0.29) is 5.41 Å². The molecular weight excluding hydrogens is 543 g/mol. The summed E-state index contributed by atoms with van der Waals surface area (Å²) < 4.78 is 38.1. The Labute approximate surface area is 251 Å². The molecule has 0 bridgehead atoms. The molecule has 0 aromatic heterocycles. The topological polar surface area (TPSA) is 54.0 Å². The standard InChI is InChI=1S/C36H42O5P/c1-33(2,27-19-23-31(24-20-27)39-34(3,4)38-29-15-11-9-12-16-29)28-21-25-32(26-22-28)41-36(7,8)42(37)35(5,6)40-30-17-13-10-14-18-30/h9-26H,1-8H3/q+1. The first-order valence-corrected chi connectivity index (χ1v) is 15.5. The molecule has 5 nitrogen and oxygen atoms in total. The number of para-hydroxylation sites is 2. The summed E-state index contributed by atoms with van der Waals surface area (Å²) in [5.41, 5.74) is 2.01. The lowest BCUT2D eigenvalue weighted by molar-refractivity contribution is -0.0809. The van der Waals surface area contributed by atoms with Crippen LogP contribution in [0.15, 0.2) is 109 Å². The van der Waals surface area contributed by atoms with Gasteiger partial charge in [-0.3, -0.25) is 0 Å². The first kappa shape index (κ1) is 31.1. The van der Waals surface area contributed by atoms with Crippen LogP contribution >= 0.6 is 7.80 Å². The van der Waals surface area contributed by atoms with Gasteiger partial charge in [0.2, 0.25) is 5.79 Å². The van der Waals surface area contributed by atoms with Crippen molar-refractivity contribution in [1.29, 1.82) is 0 Å². The van der Waals surface area contributed by atoms with E-state index in [0.717, 1.165) is 22.6 Å². The summed E-state index contributed by atoms with van der Waals surface area (Å²) in [4.78, 5) is 0. The van der Waals surface area contributed by atoms with Crippen molar-refractivity contribution in [3.05, 3.63) is 120 Å². The highest BCUT2D eigenvalue weighted by Crippen LogP contribution is 2.51. The molecule has 0 saturated carbocycles. The SMILES string of the molecule is CC(C)(Oc1ccccc1)Oc1ccc(C(C)(C)c2ccc(OC(C)(C)[P+](=O)C(C)(C)Oc3ccccc3)cc2)cc1. The third-order valence-electron chi connectivity index (χ3n) is 7.08. The molecule has 0 aliphatic heterocycles. The largest absolute Gasteiger partial charge is 0.453 e. The van der Waals surface area contributed by atoms with Gasteiger partial charge < -0.3 is 18.9 Å². The molecule has 6 heteroatoms. The monoisotopic (exact) mass is 585 g/mol. The molecule has 0 saturated heterocycles. The molecule has 4 aromatic carbocycles. The van der Waals surface area contributed by atoms with Crippen LogP contribution in [0, 0.1) is 0 Å². The summed E-state index contributed by atoms with van der Waals surface area (Å²) in [6.45, 7) is 15.5. The Hall–Kier alpha value is -3.82. The molecule has 0 aliphatic carbocycles. The smallest absolute Gasteiger partial charge is 0.432 e. The zero-order valence-corrected chi connectivity index (χ0v) is 26.8. The van der Waals surface area contributed by atoms with Gasteiger partial charge in [-0.1, -0.05) is 79.1 Å². The summed E-state index contributed by atoms with van der Waals surface area (Å²) in [5.74, 6) is 2.00. The van der Waals surface area contributed by atoms with Crippen molar-refractivity contribution in [1.82, 2.24) is 0 Å². The van der Waals surface area contributed by atoms with Crippen LogP contribution in [0.1, 0.15) is 66.5 Å². The predicted octanol–water partition coefficient (Wildman–Crippen LogP) is 9.96. The highest BCUT2D eigenvalue weighted by atomic mass is 31.1. The van der Waals surface area contributed by atoms with Crippen molar-refractivity contribution in [3.8, 4) is 23.0 Å². The van der Waals surface area contributed by atoms with E-state index >= 15 is 0 Å². The van der Waals surface area contributed by atoms with Crippen LogP contribution in [0.4, 0.5) is 0 Å². The van der Waals surface area contributed by atoms with E-state index in [0.29, 0.717) is 11.5 Å². The van der Waals surface area contributed by atoms with Gasteiger partial charge in [0.25, 0.3) is 10.7 Å². The fraction of sp³-hybridized carbons (Fsp3) is 0.333. The van der Waals surface area contributed by atoms with Crippen LogP contribution in [-0.2, 0) is 9.98 Å². The van der Waals surface area contributed by atoms with Gasteiger partial charge in [-0.15, -0.1) is 0 Å². The van der Waals surface area contributed by atoms with Gasteiger partial charge in [-0.25, -0.2) is 0 Å². The second kappa shape index (κ2) is 12.2. The third kappa shape index (κ3) is 7.72. The number of hydrogen-bond acceptors (Lipinski definition) is 5. The van der Waals surface area contributed by atoms with Gasteiger partial charge in [0.15, 0.2) is 0 Å². The first-order chi connectivity index (χ1) is 19.7. The maximum Gasteiger partial charge on any atom is 0.432 e. The average molecular weight is 586 g/mol. The van der Waals surface area contributed by atoms with Crippen LogP contribution in [0.25, 0.3) is 0 Å². The molecule has 0 amide bonds. The first-order valence-electron chi connectivity index (χ1n) is 14.2. The Balaban J connectivity index is 1.41. The second-order valence-electron chi connectivity index (χ2n) is 12.3. The van der Waals surface area contributed by atoms with Gasteiger partial charge in [0.05, 0.1) is 0 Å². The third-order valence-corrected chi connectivity index (χ3v) is 9.22. The van der Waals surface area contributed by atoms with E-state index < -0.39 is 24.3 Å². The fourth-order valence-corrected chi connectivity index (χ4v) is 6.59. The normalized spacial score (nSPS) is 12.8. The van der Waals surface area contributed by atoms with Crippen LogP contribution in [-0.4, -0.2) is 16.5 Å². The lowest BCUT2D eigenvalue weighted by Crippen LogP contribution is -2.35. The van der Waals surface area contributed by atoms with Crippen molar-refractivity contribution < 1.29 is 23.5 Å². The summed E-state index contributed by atoms with van der Waals surface area (Å²) >= 11 is 0. The molecule has 1 atom stereocenters. The van der Waals surface area contributed by atoms with E-state index in [1.807, 2.05) is 126 Å². The van der Waals surface area contributed by atoms with E-state index in [4.69, 9.17) is 18.9 Å². The highest BCUT2D eigenvalue weighted by Gasteiger charge is 2.55. The molecule has 0 radical (unpaired) electrons. The fourth-order valence-electron chi connectivity index (χ4n) is 4.92. The molecule has 1 unspecified atom stereocenters. The minimum Gasteiger partial charge on any atom is -0.453 e. The lowest BCUT2D eigenvalue weighted by Gasteiger charge is -2.29. The Morgan fingerprint density at radius 3 is 1.12 bits per heavy atom. The minimum absolute atomic E-state index is 0.265. The molecule has 42 heavy (non-hydrogen) atoms. The van der Waals surface area contributed by atoms with Crippen molar-refractivity contribution in [2.75, 3.05) is 0 Å². The zero-order chi connectivity index (χ0) is 30.6. The van der Waals surface area contributed by atoms with Crippen molar-refractivity contribution in [3.63, 3.8) is 0 Å².